The van der Waals surface area contributed by atoms with Crippen molar-refractivity contribution >= 4 is 5.91 Å². The van der Waals surface area contributed by atoms with Gasteiger partial charge >= 0.3 is 0 Å². The summed E-state index contributed by atoms with van der Waals surface area (Å²) in [5.41, 5.74) is -0.441. The third-order valence-corrected chi connectivity index (χ3v) is 4.59. The summed E-state index contributed by atoms with van der Waals surface area (Å²) in [5, 5.41) is 0. The highest BCUT2D eigenvalue weighted by atomic mass is 16.5. The smallest absolute Gasteiger partial charge is 0.263 e. The molecule has 7 nitrogen and oxygen atoms in total. The van der Waals surface area contributed by atoms with Crippen LogP contribution in [0.15, 0.2) is 64.1 Å². The van der Waals surface area contributed by atoms with Gasteiger partial charge in [0.25, 0.3) is 11.5 Å². The molecule has 4 rings (SSSR count). The molecule has 7 heteroatoms. The molecule has 1 aromatic carbocycles. The minimum absolute atomic E-state index is 0.0249. The van der Waals surface area contributed by atoms with E-state index in [0.717, 1.165) is 18.6 Å². The molecule has 138 valence electrons. The summed E-state index contributed by atoms with van der Waals surface area (Å²) < 4.78 is 11.0. The molecule has 3 aromatic rings. The van der Waals surface area contributed by atoms with Crippen LogP contribution in [0.3, 0.4) is 0 Å². The lowest BCUT2D eigenvalue weighted by atomic mass is 10.1. The molecule has 0 bridgehead atoms. The lowest BCUT2D eigenvalue weighted by Crippen LogP contribution is -2.35. The summed E-state index contributed by atoms with van der Waals surface area (Å²) >= 11 is 0. The Bertz CT molecular complexity index is 966. The van der Waals surface area contributed by atoms with E-state index in [1.807, 2.05) is 36.4 Å². The maximum absolute atomic E-state index is 12.9. The van der Waals surface area contributed by atoms with Crippen LogP contribution >= 0.6 is 0 Å². The number of carbonyl (C=O) groups excluding carboxylic acids is 1. The van der Waals surface area contributed by atoms with Crippen molar-refractivity contribution in [2.75, 3.05) is 6.54 Å². The normalized spacial score (nSPS) is 16.4. The number of likely N-dealkylation sites (tertiary alicyclic amines) is 1. The van der Waals surface area contributed by atoms with Crippen molar-refractivity contribution in [2.45, 2.75) is 25.5 Å². The van der Waals surface area contributed by atoms with Crippen LogP contribution in [-0.4, -0.2) is 27.3 Å². The number of carbonyl (C=O) groups is 1. The van der Waals surface area contributed by atoms with Gasteiger partial charge in [-0.05, 0) is 37.1 Å². The molecule has 1 unspecified atom stereocenters. The second-order valence-electron chi connectivity index (χ2n) is 6.35. The first kappa shape index (κ1) is 17.1. The van der Waals surface area contributed by atoms with E-state index in [0.29, 0.717) is 18.1 Å². The SMILES string of the molecule is O=C(c1cnc(COc2ccccc2)[nH]c1=O)N1CCCC1c1ccco1. The number of aromatic amines is 1. The number of rotatable bonds is 5. The molecule has 0 spiro atoms. The predicted molar refractivity (Wildman–Crippen MR) is 97.4 cm³/mol. The van der Waals surface area contributed by atoms with E-state index in [9.17, 15) is 9.59 Å². The van der Waals surface area contributed by atoms with Gasteiger partial charge in [-0.2, -0.15) is 0 Å². The maximum Gasteiger partial charge on any atom is 0.263 e. The van der Waals surface area contributed by atoms with Crippen LogP contribution < -0.4 is 10.3 Å². The highest BCUT2D eigenvalue weighted by Gasteiger charge is 2.33. The number of aromatic nitrogens is 2. The summed E-state index contributed by atoms with van der Waals surface area (Å²) in [6.07, 6.45) is 4.59. The van der Waals surface area contributed by atoms with E-state index in [1.165, 1.54) is 6.20 Å². The van der Waals surface area contributed by atoms with Crippen LogP contribution in [0.5, 0.6) is 5.75 Å². The Morgan fingerprint density at radius 2 is 2.11 bits per heavy atom. The summed E-state index contributed by atoms with van der Waals surface area (Å²) in [6.45, 7) is 0.703. The first-order valence-corrected chi connectivity index (χ1v) is 8.83. The fourth-order valence-corrected chi connectivity index (χ4v) is 3.27. The Labute approximate surface area is 155 Å². The number of amides is 1. The number of ether oxygens (including phenoxy) is 1. The van der Waals surface area contributed by atoms with Gasteiger partial charge in [0.1, 0.15) is 29.5 Å². The van der Waals surface area contributed by atoms with Crippen LogP contribution in [0.25, 0.3) is 0 Å². The van der Waals surface area contributed by atoms with E-state index in [4.69, 9.17) is 9.15 Å². The monoisotopic (exact) mass is 365 g/mol. The molecule has 1 N–H and O–H groups in total. The van der Waals surface area contributed by atoms with Crippen molar-refractivity contribution in [1.29, 1.82) is 0 Å². The second kappa shape index (κ2) is 7.49. The topological polar surface area (TPSA) is 88.4 Å². The van der Waals surface area contributed by atoms with Crippen LogP contribution in [0, 0.1) is 0 Å². The minimum Gasteiger partial charge on any atom is -0.486 e. The molecule has 1 aliphatic rings. The number of hydrogen-bond acceptors (Lipinski definition) is 5. The van der Waals surface area contributed by atoms with Crippen molar-refractivity contribution in [2.24, 2.45) is 0 Å². The molecule has 1 amide bonds. The van der Waals surface area contributed by atoms with E-state index in [2.05, 4.69) is 9.97 Å². The van der Waals surface area contributed by atoms with E-state index in [1.54, 1.807) is 17.2 Å². The molecule has 1 fully saturated rings. The van der Waals surface area contributed by atoms with Crippen molar-refractivity contribution in [3.63, 3.8) is 0 Å². The highest BCUT2D eigenvalue weighted by molar-refractivity contribution is 5.94. The lowest BCUT2D eigenvalue weighted by molar-refractivity contribution is 0.0717. The number of nitrogens with one attached hydrogen (secondary N) is 1. The van der Waals surface area contributed by atoms with Gasteiger partial charge in [0.2, 0.25) is 0 Å². The number of H-pyrrole nitrogens is 1. The molecular formula is C20H19N3O4. The maximum atomic E-state index is 12.9. The van der Waals surface area contributed by atoms with Gasteiger partial charge in [-0.25, -0.2) is 4.98 Å². The van der Waals surface area contributed by atoms with Crippen molar-refractivity contribution in [1.82, 2.24) is 14.9 Å². The number of furan rings is 1. The molecule has 0 aliphatic carbocycles. The van der Waals surface area contributed by atoms with Crippen LogP contribution in [-0.2, 0) is 6.61 Å². The van der Waals surface area contributed by atoms with Gasteiger partial charge in [-0.3, -0.25) is 9.59 Å². The Morgan fingerprint density at radius 1 is 1.26 bits per heavy atom. The summed E-state index contributed by atoms with van der Waals surface area (Å²) in [4.78, 5) is 33.8. The molecule has 3 heterocycles. The van der Waals surface area contributed by atoms with Gasteiger partial charge in [0.05, 0.1) is 12.3 Å². The number of nitrogens with zero attached hydrogens (tertiary/aromatic N) is 2. The quantitative estimate of drug-likeness (QED) is 0.751. The summed E-state index contributed by atoms with van der Waals surface area (Å²) in [7, 11) is 0. The Morgan fingerprint density at radius 3 is 2.85 bits per heavy atom. The largest absolute Gasteiger partial charge is 0.486 e. The van der Waals surface area contributed by atoms with Gasteiger partial charge in [-0.15, -0.1) is 0 Å². The number of benzene rings is 1. The fourth-order valence-electron chi connectivity index (χ4n) is 3.27. The highest BCUT2D eigenvalue weighted by Crippen LogP contribution is 2.32. The zero-order valence-electron chi connectivity index (χ0n) is 14.6. The zero-order chi connectivity index (χ0) is 18.6. The van der Waals surface area contributed by atoms with E-state index >= 15 is 0 Å². The van der Waals surface area contributed by atoms with Crippen LogP contribution in [0.4, 0.5) is 0 Å². The third kappa shape index (κ3) is 3.62. The van der Waals surface area contributed by atoms with Gasteiger partial charge in [0.15, 0.2) is 0 Å². The Hall–Kier alpha value is -3.35. The van der Waals surface area contributed by atoms with Gasteiger partial charge < -0.3 is 19.0 Å². The third-order valence-electron chi connectivity index (χ3n) is 4.59. The summed E-state index contributed by atoms with van der Waals surface area (Å²) in [6, 6.07) is 12.7. The van der Waals surface area contributed by atoms with Gasteiger partial charge in [0, 0.05) is 12.7 Å². The Kier molecular flexibility index (Phi) is 4.74. The number of para-hydroxylation sites is 1. The molecular weight excluding hydrogens is 346 g/mol. The predicted octanol–water partition coefficient (Wildman–Crippen LogP) is 2.92. The standard InChI is InChI=1S/C20H19N3O4/c24-19-15(12-21-18(22-19)13-27-14-6-2-1-3-7-14)20(25)23-10-4-8-16(23)17-9-5-11-26-17/h1-3,5-7,9,11-12,16H,4,8,10,13H2,(H,21,22,24). The number of hydrogen-bond donors (Lipinski definition) is 1. The average molecular weight is 365 g/mol. The molecule has 1 atom stereocenters. The second-order valence-corrected chi connectivity index (χ2v) is 6.35. The Balaban J connectivity index is 1.49. The molecule has 0 saturated carbocycles. The first-order chi connectivity index (χ1) is 13.2. The lowest BCUT2D eigenvalue weighted by Gasteiger charge is -2.22. The van der Waals surface area contributed by atoms with Crippen LogP contribution in [0.2, 0.25) is 0 Å². The first-order valence-electron chi connectivity index (χ1n) is 8.83. The van der Waals surface area contributed by atoms with Crippen molar-refractivity contribution < 1.29 is 13.9 Å². The molecule has 27 heavy (non-hydrogen) atoms. The fraction of sp³-hybridized carbons (Fsp3) is 0.250. The molecule has 1 aliphatic heterocycles. The van der Waals surface area contributed by atoms with Gasteiger partial charge in [-0.1, -0.05) is 18.2 Å². The van der Waals surface area contributed by atoms with Crippen molar-refractivity contribution in [3.8, 4) is 5.75 Å². The summed E-state index contributed by atoms with van der Waals surface area (Å²) in [5.74, 6) is 1.44. The van der Waals surface area contributed by atoms with E-state index in [-0.39, 0.29) is 24.1 Å². The molecule has 2 aromatic heterocycles. The molecule has 1 saturated heterocycles. The average Bonchev–Trinajstić information content (AvgIpc) is 3.38. The minimum atomic E-state index is -0.466. The van der Waals surface area contributed by atoms with Crippen molar-refractivity contribution in [3.05, 3.63) is 82.4 Å². The van der Waals surface area contributed by atoms with E-state index < -0.39 is 5.56 Å². The van der Waals surface area contributed by atoms with Crippen LogP contribution in [0.1, 0.15) is 40.8 Å². The molecule has 0 radical (unpaired) electrons. The zero-order valence-corrected chi connectivity index (χ0v) is 14.6.